The maximum Gasteiger partial charge on any atom is 2.00 e. The summed E-state index contributed by atoms with van der Waals surface area (Å²) in [6.45, 7) is 15.5. The second-order valence-corrected chi connectivity index (χ2v) is 6.07. The monoisotopic (exact) mass is 805 g/mol. The van der Waals surface area contributed by atoms with Crippen LogP contribution in [0.3, 0.4) is 0 Å². The molecule has 0 amide bonds. The summed E-state index contributed by atoms with van der Waals surface area (Å²) in [5, 5.41) is 0. The molecule has 0 spiro atoms. The van der Waals surface area contributed by atoms with E-state index in [1.54, 1.807) is 14.0 Å². The van der Waals surface area contributed by atoms with Gasteiger partial charge >= 0.3 is 21.1 Å². The van der Waals surface area contributed by atoms with Crippen LogP contribution in [0.2, 0.25) is 0 Å². The Hall–Kier alpha value is 4.40. The summed E-state index contributed by atoms with van der Waals surface area (Å²) in [6.07, 6.45) is 2.14. The molecule has 0 aliphatic carbocycles. The third-order valence-electron chi connectivity index (χ3n) is 3.69. The zero-order chi connectivity index (χ0) is 18.0. The van der Waals surface area contributed by atoms with Crippen LogP contribution in [0.5, 0.6) is 0 Å². The Morgan fingerprint density at radius 3 is 1.86 bits per heavy atom. The van der Waals surface area contributed by atoms with Crippen molar-refractivity contribution in [2.75, 3.05) is 20.4 Å². The molecule has 0 aromatic rings. The Bertz CT molecular complexity index is 310. The Morgan fingerprint density at radius 2 is 1.57 bits per heavy atom. The van der Waals surface area contributed by atoms with E-state index in [0.29, 0.717) is 21.3 Å². The van der Waals surface area contributed by atoms with E-state index >= 15 is 0 Å². The van der Waals surface area contributed by atoms with Crippen LogP contribution in [0.1, 0.15) is 20.8 Å². The quantitative estimate of drug-likeness (QED) is 0.249. The van der Waals surface area contributed by atoms with Crippen molar-refractivity contribution in [2.45, 2.75) is 51.1 Å². The summed E-state index contributed by atoms with van der Waals surface area (Å²) in [5.41, 5.74) is 0. The van der Waals surface area contributed by atoms with Gasteiger partial charge in [-0.05, 0) is 30.8 Å². The average molecular weight is 805 g/mol. The van der Waals surface area contributed by atoms with Crippen molar-refractivity contribution in [1.29, 1.82) is 0 Å². The van der Waals surface area contributed by atoms with Gasteiger partial charge < -0.3 is 40.0 Å². The Balaban J connectivity index is -0.0000000683. The molecule has 2 aliphatic rings. The van der Waals surface area contributed by atoms with Gasteiger partial charge in [0.1, 0.15) is 15.7 Å². The van der Waals surface area contributed by atoms with Gasteiger partial charge in [-0.2, -0.15) is 12.8 Å². The molecule has 0 saturated carbocycles. The molecule has 7 radical (unpaired) electrons. The van der Waals surface area contributed by atoms with E-state index < -0.39 is 0 Å². The average Bonchev–Trinajstić information content (AvgIpc) is 2.96. The fourth-order valence-corrected chi connectivity index (χ4v) is 2.96. The van der Waals surface area contributed by atoms with Gasteiger partial charge in [-0.15, -0.1) is 0 Å². The molecule has 153 valence electrons. The zero-order valence-electron chi connectivity index (χ0n) is 18.2. The Kier molecular flexibility index (Phi) is 45.3. The van der Waals surface area contributed by atoms with Crippen LogP contribution in [0.25, 0.3) is 0 Å². The third-order valence-corrected chi connectivity index (χ3v) is 4.20. The van der Waals surface area contributed by atoms with Crippen LogP contribution in [0, 0.1) is 39.5 Å². The van der Waals surface area contributed by atoms with E-state index in [2.05, 4.69) is 20.3 Å². The number of methoxy groups -OCH3 is 1. The van der Waals surface area contributed by atoms with Crippen molar-refractivity contribution in [3.8, 4) is 0 Å². The molecule has 0 bridgehead atoms. The van der Waals surface area contributed by atoms with Gasteiger partial charge in [-0.1, -0.05) is 13.8 Å². The normalized spacial score (nSPS) is 32.6. The predicted molar refractivity (Wildman–Crippen MR) is 105 cm³/mol. The van der Waals surface area contributed by atoms with Crippen LogP contribution in [-0.2, 0) is 138 Å². The molecule has 11 heteroatoms. The molecule has 2 rings (SSSR count). The first-order valence-electron chi connectivity index (χ1n) is 7.92. The number of rotatable bonds is 4. The predicted octanol–water partition coefficient (Wildman–Crippen LogP) is 2.61. The molecule has 4 unspecified atom stereocenters. The fourth-order valence-electron chi connectivity index (χ4n) is 2.33. The molecular formula is C17H33B2O4PWY3-2. The Morgan fingerprint density at radius 1 is 1.07 bits per heavy atom. The first-order chi connectivity index (χ1) is 10.9. The largest absolute Gasteiger partial charge is 2.00 e. The molecular weight excluding hydrogens is 771 g/mol. The smallest absolute Gasteiger partial charge is 0.417 e. The number of hydrogen-bond donors (Lipinski definition) is 0. The summed E-state index contributed by atoms with van der Waals surface area (Å²) in [6, 6.07) is -0.348. The SMILES string of the molecule is [B][C@@H]1O[C@H](COC)[CH-]C1C.[B][C@@H]1O[C@H]([CH2-])C(OPC)C1C.[CH2-]C.[CH3-].[W+2].[Y].[Y].[Y]. The first kappa shape index (κ1) is 45.8. The fraction of sp³-hybridized carbons (Fsp3) is 0.765. The van der Waals surface area contributed by atoms with Gasteiger partial charge in [0.2, 0.25) is 0 Å². The van der Waals surface area contributed by atoms with Gasteiger partial charge in [-0.3, -0.25) is 6.42 Å². The summed E-state index contributed by atoms with van der Waals surface area (Å²) < 4.78 is 21.0. The van der Waals surface area contributed by atoms with Gasteiger partial charge in [0, 0.05) is 127 Å². The molecule has 2 aliphatic heterocycles. The molecule has 2 heterocycles. The molecule has 0 N–H and O–H groups in total. The van der Waals surface area contributed by atoms with E-state index in [1.165, 1.54) is 0 Å². The topological polar surface area (TPSA) is 36.9 Å². The van der Waals surface area contributed by atoms with E-state index in [-0.39, 0.29) is 163 Å². The van der Waals surface area contributed by atoms with Crippen LogP contribution in [0.15, 0.2) is 0 Å². The van der Waals surface area contributed by atoms with Crippen LogP contribution in [0.4, 0.5) is 0 Å². The minimum atomic E-state index is -0.209. The van der Waals surface area contributed by atoms with Gasteiger partial charge in [0.25, 0.3) is 0 Å². The molecule has 8 atom stereocenters. The summed E-state index contributed by atoms with van der Waals surface area (Å²) in [4.78, 5) is 0. The van der Waals surface area contributed by atoms with Crippen LogP contribution >= 0.6 is 8.81 Å². The molecule has 2 fully saturated rings. The van der Waals surface area contributed by atoms with Gasteiger partial charge in [0.15, 0.2) is 0 Å². The van der Waals surface area contributed by atoms with E-state index in [4.69, 9.17) is 34.4 Å². The zero-order valence-corrected chi connectivity index (χ0v) is 30.6. The molecule has 0 aromatic carbocycles. The van der Waals surface area contributed by atoms with Crippen molar-refractivity contribution in [1.82, 2.24) is 0 Å². The van der Waals surface area contributed by atoms with Crippen molar-refractivity contribution in [3.63, 3.8) is 0 Å². The number of hydrogen-bond acceptors (Lipinski definition) is 4. The van der Waals surface area contributed by atoms with E-state index in [0.717, 1.165) is 0 Å². The molecule has 0 aromatic heterocycles. The van der Waals surface area contributed by atoms with Crippen LogP contribution in [-0.4, -0.2) is 66.4 Å². The standard InChI is InChI=1S/C7H13BO2P.C7H12BO2.C2H5.CH3.W.3Y/c1-4-6(10-11-3)5(2)9-7(4)8;1-5-3-6(4-9-2)10-7(5)8;1-2;;;;;/h4-7,11H,2H2,1,3H3;3,5-7H,4H2,1-2H3;1H2,2H3;1H3;;;;/q4*-1;+2;;;/t4?,5-,6?,7-;5?,6-,7+;;;;;;/m10....../s1. The maximum absolute atomic E-state index is 5.65. The maximum atomic E-state index is 5.65. The minimum absolute atomic E-state index is 0. The van der Waals surface area contributed by atoms with E-state index in [9.17, 15) is 0 Å². The summed E-state index contributed by atoms with van der Waals surface area (Å²) in [5.74, 6) is 0.602. The van der Waals surface area contributed by atoms with Crippen LogP contribution < -0.4 is 0 Å². The van der Waals surface area contributed by atoms with Crippen molar-refractivity contribution in [3.05, 3.63) is 27.7 Å². The summed E-state index contributed by atoms with van der Waals surface area (Å²) >= 11 is 0. The van der Waals surface area contributed by atoms with Crippen molar-refractivity contribution in [2.24, 2.45) is 11.8 Å². The molecule has 2 saturated heterocycles. The minimum Gasteiger partial charge on any atom is -0.417 e. The molecule has 4 nitrogen and oxygen atoms in total. The third kappa shape index (κ3) is 17.8. The second kappa shape index (κ2) is 27.6. The first-order valence-corrected chi connectivity index (χ1v) is 9.33. The summed E-state index contributed by atoms with van der Waals surface area (Å²) in [7, 11) is 13.4. The molecule has 28 heavy (non-hydrogen) atoms. The van der Waals surface area contributed by atoms with Gasteiger partial charge in [0.05, 0.1) is 6.10 Å². The Labute approximate surface area is 269 Å². The van der Waals surface area contributed by atoms with Crippen molar-refractivity contribution < 1.29 is 138 Å². The van der Waals surface area contributed by atoms with E-state index in [1.807, 2.05) is 20.5 Å². The number of ether oxygens (including phenoxy) is 3. The van der Waals surface area contributed by atoms with Gasteiger partial charge in [-0.25, -0.2) is 0 Å². The van der Waals surface area contributed by atoms with Crippen molar-refractivity contribution >= 4 is 24.5 Å². The second-order valence-electron chi connectivity index (χ2n) is 5.43.